The second kappa shape index (κ2) is 50.8. The van der Waals surface area contributed by atoms with Gasteiger partial charge in [-0.05, 0) is 222 Å². The molecular weight excluding hydrogens is 1190 g/mol. The lowest BCUT2D eigenvalue weighted by atomic mass is 9.78. The molecule has 2 aliphatic carbocycles. The van der Waals surface area contributed by atoms with Crippen molar-refractivity contribution in [1.29, 1.82) is 0 Å². The van der Waals surface area contributed by atoms with Crippen LogP contribution in [0.2, 0.25) is 0 Å². The molecule has 0 bridgehead atoms. The molecule has 2 fully saturated rings. The van der Waals surface area contributed by atoms with Crippen LogP contribution in [0.25, 0.3) is 0 Å². The number of carbonyl (C=O) groups excluding carboxylic acids is 8. The minimum absolute atomic E-state index is 0.00343. The molecule has 0 aromatic rings. The van der Waals surface area contributed by atoms with E-state index in [0.29, 0.717) is 79.4 Å². The van der Waals surface area contributed by atoms with Crippen molar-refractivity contribution in [2.75, 3.05) is 0 Å². The summed E-state index contributed by atoms with van der Waals surface area (Å²) in [6.07, 6.45) is 7.90. The van der Waals surface area contributed by atoms with Crippen molar-refractivity contribution in [2.45, 2.75) is 369 Å². The molecule has 0 amide bonds. The molecule has 0 aromatic heterocycles. The first kappa shape index (κ1) is 101. The van der Waals surface area contributed by atoms with Gasteiger partial charge in [0.05, 0.1) is 84.8 Å². The molecule has 2 saturated carbocycles. The fraction of sp³-hybridized carbons (Fsp3) is 0.872. The Bertz CT molecular complexity index is 2030. The quantitative estimate of drug-likeness (QED) is 0.0405. The zero-order chi connectivity index (χ0) is 75.7. The van der Waals surface area contributed by atoms with Gasteiger partial charge in [0, 0.05) is 12.8 Å². The second-order valence-corrected chi connectivity index (χ2v) is 31.8. The third-order valence-corrected chi connectivity index (χ3v) is 16.3. The molecule has 2 aliphatic rings. The molecule has 0 aromatic carbocycles. The fourth-order valence-corrected chi connectivity index (χ4v) is 7.38. The first-order chi connectivity index (χ1) is 42.4. The Kier molecular flexibility index (Phi) is 54.3. The lowest BCUT2D eigenvalue weighted by Gasteiger charge is -2.28. The van der Waals surface area contributed by atoms with Gasteiger partial charge in [-0.3, -0.25) is 38.4 Å². The number of hydrogen-bond donors (Lipinski definition) is 0. The van der Waals surface area contributed by atoms with E-state index in [1.165, 1.54) is 12.8 Å². The minimum Gasteiger partial charge on any atom is -0.463 e. The van der Waals surface area contributed by atoms with E-state index in [-0.39, 0.29) is 124 Å². The van der Waals surface area contributed by atoms with Crippen LogP contribution < -0.4 is 0 Å². The van der Waals surface area contributed by atoms with Crippen LogP contribution in [0.4, 0.5) is 0 Å². The molecule has 0 radical (unpaired) electrons. The van der Waals surface area contributed by atoms with Gasteiger partial charge in [0.2, 0.25) is 0 Å². The molecule has 0 N–H and O–H groups in total. The fourth-order valence-electron chi connectivity index (χ4n) is 7.38. The Labute approximate surface area is 577 Å². The standard InChI is InChI=1S/C11H20O2.C11H22O2.C10H18O2.2C10H20O2.2C9H18O2.C8H14O2/c1-8(2)11(5-6-11)7-10(12)13-9(3)4;1-8(2)11(5,6)7-10(12)13-9(3)4;1-7(2)10(5-6-10)9(11)12-8(3)4;1-7(2)10(5,6)9(11)12-8(3)4;1-7(2)9(5)6-10(11)12-8(3)4;1-7(2)5-6-9(10)11-8(3)4;1-6(2)8(5)9(10)11-7(3)4;1-6(2)5-8(9)10-7(3)4/h8-9H,5-7H2,1-4H3;8-9H,7H2,1-6H3;7-8H,5-6H2,1-4H3;7-8H,1-6H3;7-9H,6H2,1-5H3;7-8H,5-6H2,1-4H3;6-8H,1-5H3;7H,1,5H2,2-4H3. The predicted octanol–water partition coefficient (Wildman–Crippen LogP) is 19.9. The van der Waals surface area contributed by atoms with Crippen molar-refractivity contribution in [3.8, 4) is 0 Å². The first-order valence-electron chi connectivity index (χ1n) is 35.6. The number of rotatable bonds is 28. The summed E-state index contributed by atoms with van der Waals surface area (Å²) >= 11 is 0. The summed E-state index contributed by atoms with van der Waals surface area (Å²) < 4.78 is 40.5. The SMILES string of the molecule is C=C(C)CC(=O)OC(C)C.CC(C)CCC(=O)OC(C)C.CC(C)OC(=O)C(C)(C)C(C)C.CC(C)OC(=O)C(C)C(C)C.CC(C)OC(=O)C1(C(C)C)CC1.CC(C)OC(=O)CC(C)(C)C(C)C.CC(C)OC(=O)CC(C)C(C)C.CC(C)OC(=O)CC1(C(C)C)CC1. The highest BCUT2D eigenvalue weighted by Gasteiger charge is 2.54. The average Bonchev–Trinajstić information content (AvgIpc) is 1.62. The number of hydrogen-bond acceptors (Lipinski definition) is 16. The van der Waals surface area contributed by atoms with E-state index in [9.17, 15) is 38.4 Å². The maximum Gasteiger partial charge on any atom is 0.312 e. The van der Waals surface area contributed by atoms with Crippen LogP contribution in [-0.2, 0) is 76.3 Å². The van der Waals surface area contributed by atoms with Gasteiger partial charge in [-0.15, -0.1) is 0 Å². The Morgan fingerprint density at radius 1 is 0.415 bits per heavy atom. The summed E-state index contributed by atoms with van der Waals surface area (Å²) in [6, 6.07) is 0. The van der Waals surface area contributed by atoms with Crippen LogP contribution in [0.15, 0.2) is 12.2 Å². The van der Waals surface area contributed by atoms with Gasteiger partial charge in [0.1, 0.15) is 0 Å². The molecule has 2 atom stereocenters. The summed E-state index contributed by atoms with van der Waals surface area (Å²) in [5.74, 6) is 3.09. The van der Waals surface area contributed by atoms with E-state index in [1.54, 1.807) is 0 Å². The molecule has 558 valence electrons. The van der Waals surface area contributed by atoms with E-state index in [1.807, 2.05) is 166 Å². The van der Waals surface area contributed by atoms with E-state index in [0.717, 1.165) is 24.8 Å². The molecule has 16 nitrogen and oxygen atoms in total. The van der Waals surface area contributed by atoms with Crippen LogP contribution in [-0.4, -0.2) is 96.6 Å². The van der Waals surface area contributed by atoms with Crippen molar-refractivity contribution >= 4 is 47.8 Å². The molecule has 0 saturated heterocycles. The van der Waals surface area contributed by atoms with E-state index in [2.05, 4.69) is 96.6 Å². The van der Waals surface area contributed by atoms with Crippen LogP contribution in [0, 0.1) is 74.9 Å². The molecule has 2 unspecified atom stereocenters. The average molecular weight is 1340 g/mol. The van der Waals surface area contributed by atoms with Crippen LogP contribution in [0.5, 0.6) is 0 Å². The van der Waals surface area contributed by atoms with Gasteiger partial charge in [-0.2, -0.15) is 0 Å². The highest BCUT2D eigenvalue weighted by Crippen LogP contribution is 2.55. The Morgan fingerprint density at radius 2 is 0.787 bits per heavy atom. The summed E-state index contributed by atoms with van der Waals surface area (Å²) in [7, 11) is 0. The van der Waals surface area contributed by atoms with Gasteiger partial charge < -0.3 is 37.9 Å². The van der Waals surface area contributed by atoms with E-state index in [4.69, 9.17) is 37.9 Å². The van der Waals surface area contributed by atoms with Crippen molar-refractivity contribution in [1.82, 2.24) is 0 Å². The highest BCUT2D eigenvalue weighted by atomic mass is 16.6. The third-order valence-electron chi connectivity index (χ3n) is 16.3. The maximum absolute atomic E-state index is 11.6. The zero-order valence-electron chi connectivity index (χ0n) is 67.6. The van der Waals surface area contributed by atoms with Gasteiger partial charge in [0.25, 0.3) is 0 Å². The summed E-state index contributed by atoms with van der Waals surface area (Å²) in [5, 5.41) is 0. The Balaban J connectivity index is -0.000000236. The molecule has 0 heterocycles. The Hall–Kier alpha value is -4.50. The summed E-state index contributed by atoms with van der Waals surface area (Å²) in [5.41, 5.74) is 0.664. The van der Waals surface area contributed by atoms with Gasteiger partial charge >= 0.3 is 47.8 Å². The normalized spacial score (nSPS) is 14.1. The molecule has 0 aliphatic heterocycles. The Morgan fingerprint density at radius 3 is 1.09 bits per heavy atom. The minimum atomic E-state index is -0.371. The van der Waals surface area contributed by atoms with E-state index < -0.39 is 0 Å². The van der Waals surface area contributed by atoms with Gasteiger partial charge in [-0.1, -0.05) is 137 Å². The predicted molar refractivity (Wildman–Crippen MR) is 385 cm³/mol. The largest absolute Gasteiger partial charge is 0.463 e. The zero-order valence-corrected chi connectivity index (χ0v) is 67.6. The highest BCUT2D eigenvalue weighted by molar-refractivity contribution is 5.80. The molecule has 16 heteroatoms. The second-order valence-electron chi connectivity index (χ2n) is 31.8. The topological polar surface area (TPSA) is 210 Å². The maximum atomic E-state index is 11.6. The lowest BCUT2D eigenvalue weighted by molar-refractivity contribution is -0.160. The van der Waals surface area contributed by atoms with Crippen molar-refractivity contribution in [3.05, 3.63) is 12.2 Å². The first-order valence-corrected chi connectivity index (χ1v) is 35.6. The van der Waals surface area contributed by atoms with Gasteiger partial charge in [0.15, 0.2) is 0 Å². The third kappa shape index (κ3) is 55.6. The summed E-state index contributed by atoms with van der Waals surface area (Å²) in [4.78, 5) is 89.8. The number of ether oxygens (including phenoxy) is 8. The summed E-state index contributed by atoms with van der Waals surface area (Å²) in [6.45, 7) is 76.7. The lowest BCUT2D eigenvalue weighted by Crippen LogP contribution is -2.33. The van der Waals surface area contributed by atoms with Crippen LogP contribution in [0.1, 0.15) is 320 Å². The smallest absolute Gasteiger partial charge is 0.312 e. The number of carbonyl (C=O) groups is 8. The van der Waals surface area contributed by atoms with E-state index >= 15 is 0 Å². The number of esters is 8. The van der Waals surface area contributed by atoms with Crippen LogP contribution in [0.3, 0.4) is 0 Å². The molecule has 94 heavy (non-hydrogen) atoms. The van der Waals surface area contributed by atoms with Crippen LogP contribution >= 0.6 is 0 Å². The molecule has 2 rings (SSSR count). The molecular formula is C78H150O16. The van der Waals surface area contributed by atoms with Crippen molar-refractivity contribution in [3.63, 3.8) is 0 Å². The van der Waals surface area contributed by atoms with Gasteiger partial charge in [-0.25, -0.2) is 0 Å². The van der Waals surface area contributed by atoms with Crippen molar-refractivity contribution < 1.29 is 76.3 Å². The van der Waals surface area contributed by atoms with Crippen molar-refractivity contribution in [2.24, 2.45) is 74.9 Å². The monoisotopic (exact) mass is 1340 g/mol. The molecule has 0 spiro atoms.